The number of aromatic nitrogens is 2. The summed E-state index contributed by atoms with van der Waals surface area (Å²) in [5, 5.41) is 8.51. The molecule has 92 valence electrons. The van der Waals surface area contributed by atoms with Gasteiger partial charge in [-0.3, -0.25) is 4.68 Å². The van der Waals surface area contributed by atoms with E-state index in [0.717, 1.165) is 36.6 Å². The second-order valence-corrected chi connectivity index (χ2v) is 4.56. The maximum atomic E-state index is 6.11. The van der Waals surface area contributed by atoms with Crippen molar-refractivity contribution in [3.8, 4) is 0 Å². The van der Waals surface area contributed by atoms with Crippen LogP contribution in [0.3, 0.4) is 0 Å². The summed E-state index contributed by atoms with van der Waals surface area (Å²) in [5.74, 6) is 0. The van der Waals surface area contributed by atoms with E-state index in [2.05, 4.69) is 31.2 Å². The average molecular weight is 244 g/mol. The molecule has 16 heavy (non-hydrogen) atoms. The molecule has 1 rings (SSSR count). The van der Waals surface area contributed by atoms with Crippen LogP contribution in [0.2, 0.25) is 5.02 Å². The Kier molecular flexibility index (Phi) is 5.85. The lowest BCUT2D eigenvalue weighted by atomic mass is 10.1. The van der Waals surface area contributed by atoms with Gasteiger partial charge in [-0.2, -0.15) is 5.10 Å². The standard InChI is InChI=1S/C12H22ClN3/c1-4-8-14-10(3)6-7-12-11(13)9-15-16(12)5-2/h9-10,14H,4-8H2,1-3H3. The number of halogens is 1. The van der Waals surface area contributed by atoms with Crippen LogP contribution in [0.25, 0.3) is 0 Å². The van der Waals surface area contributed by atoms with Crippen molar-refractivity contribution in [3.05, 3.63) is 16.9 Å². The highest BCUT2D eigenvalue weighted by atomic mass is 35.5. The van der Waals surface area contributed by atoms with E-state index in [-0.39, 0.29) is 0 Å². The topological polar surface area (TPSA) is 29.9 Å². The predicted octanol–water partition coefficient (Wildman–Crippen LogP) is 2.88. The zero-order valence-electron chi connectivity index (χ0n) is 10.5. The predicted molar refractivity (Wildman–Crippen MR) is 69.0 cm³/mol. The van der Waals surface area contributed by atoms with E-state index in [4.69, 9.17) is 11.6 Å². The molecule has 1 atom stereocenters. The molecule has 1 aromatic heterocycles. The molecule has 1 heterocycles. The van der Waals surface area contributed by atoms with E-state index < -0.39 is 0 Å². The summed E-state index contributed by atoms with van der Waals surface area (Å²) in [5.41, 5.74) is 1.16. The number of hydrogen-bond donors (Lipinski definition) is 1. The minimum atomic E-state index is 0.538. The van der Waals surface area contributed by atoms with Gasteiger partial charge in [0.2, 0.25) is 0 Å². The Balaban J connectivity index is 2.44. The summed E-state index contributed by atoms with van der Waals surface area (Å²) in [7, 11) is 0. The SMILES string of the molecule is CCCNC(C)CCc1c(Cl)cnn1CC. The molecule has 4 heteroatoms. The highest BCUT2D eigenvalue weighted by Gasteiger charge is 2.09. The molecule has 1 N–H and O–H groups in total. The van der Waals surface area contributed by atoms with Gasteiger partial charge in [-0.25, -0.2) is 0 Å². The first-order chi connectivity index (χ1) is 7.69. The zero-order valence-corrected chi connectivity index (χ0v) is 11.2. The molecule has 0 spiro atoms. The highest BCUT2D eigenvalue weighted by Crippen LogP contribution is 2.17. The van der Waals surface area contributed by atoms with E-state index in [0.29, 0.717) is 6.04 Å². The lowest BCUT2D eigenvalue weighted by molar-refractivity contribution is 0.500. The fraction of sp³-hybridized carbons (Fsp3) is 0.750. The lowest BCUT2D eigenvalue weighted by Gasteiger charge is -2.13. The Labute approximate surface area is 103 Å². The van der Waals surface area contributed by atoms with Gasteiger partial charge in [0.05, 0.1) is 16.9 Å². The summed E-state index contributed by atoms with van der Waals surface area (Å²) < 4.78 is 1.98. The largest absolute Gasteiger partial charge is 0.314 e. The van der Waals surface area contributed by atoms with Gasteiger partial charge in [-0.1, -0.05) is 18.5 Å². The molecule has 0 aliphatic carbocycles. The molecular formula is C12H22ClN3. The van der Waals surface area contributed by atoms with Crippen LogP contribution in [-0.2, 0) is 13.0 Å². The fourth-order valence-electron chi connectivity index (χ4n) is 1.75. The number of nitrogens with one attached hydrogen (secondary N) is 1. The number of hydrogen-bond acceptors (Lipinski definition) is 2. The van der Waals surface area contributed by atoms with Crippen LogP contribution in [0.15, 0.2) is 6.20 Å². The summed E-state index contributed by atoms with van der Waals surface area (Å²) in [4.78, 5) is 0. The summed E-state index contributed by atoms with van der Waals surface area (Å²) in [6.07, 6.45) is 5.01. The third-order valence-corrected chi connectivity index (χ3v) is 3.07. The van der Waals surface area contributed by atoms with E-state index in [1.165, 1.54) is 6.42 Å². The van der Waals surface area contributed by atoms with Crippen LogP contribution in [-0.4, -0.2) is 22.4 Å². The van der Waals surface area contributed by atoms with Crippen molar-refractivity contribution in [1.82, 2.24) is 15.1 Å². The van der Waals surface area contributed by atoms with Crippen molar-refractivity contribution in [3.63, 3.8) is 0 Å². The maximum absolute atomic E-state index is 6.11. The molecule has 0 saturated carbocycles. The van der Waals surface area contributed by atoms with Crippen molar-refractivity contribution >= 4 is 11.6 Å². The fourth-order valence-corrected chi connectivity index (χ4v) is 1.99. The molecule has 0 saturated heterocycles. The zero-order chi connectivity index (χ0) is 12.0. The van der Waals surface area contributed by atoms with Crippen LogP contribution in [0.1, 0.15) is 39.3 Å². The molecule has 3 nitrogen and oxygen atoms in total. The summed E-state index contributed by atoms with van der Waals surface area (Å²) in [6.45, 7) is 8.46. The molecule has 0 aromatic carbocycles. The Morgan fingerprint density at radius 2 is 2.25 bits per heavy atom. The van der Waals surface area contributed by atoms with Crippen LogP contribution in [0.5, 0.6) is 0 Å². The summed E-state index contributed by atoms with van der Waals surface area (Å²) >= 11 is 6.11. The number of nitrogens with zero attached hydrogens (tertiary/aromatic N) is 2. The molecule has 1 aromatic rings. The third kappa shape index (κ3) is 3.80. The minimum Gasteiger partial charge on any atom is -0.314 e. The van der Waals surface area contributed by atoms with Crippen LogP contribution >= 0.6 is 11.6 Å². The molecule has 1 unspecified atom stereocenters. The van der Waals surface area contributed by atoms with Crippen LogP contribution in [0.4, 0.5) is 0 Å². The van der Waals surface area contributed by atoms with E-state index in [1.54, 1.807) is 6.20 Å². The smallest absolute Gasteiger partial charge is 0.0817 e. The second kappa shape index (κ2) is 6.92. The van der Waals surface area contributed by atoms with Crippen molar-refractivity contribution in [1.29, 1.82) is 0 Å². The summed E-state index contributed by atoms with van der Waals surface area (Å²) in [6, 6.07) is 0.538. The lowest BCUT2D eigenvalue weighted by Crippen LogP contribution is -2.27. The van der Waals surface area contributed by atoms with Gasteiger partial charge >= 0.3 is 0 Å². The third-order valence-electron chi connectivity index (χ3n) is 2.75. The molecule has 0 amide bonds. The Bertz CT molecular complexity index is 309. The van der Waals surface area contributed by atoms with Gasteiger partial charge in [-0.15, -0.1) is 0 Å². The van der Waals surface area contributed by atoms with Crippen LogP contribution < -0.4 is 5.32 Å². The van der Waals surface area contributed by atoms with Crippen molar-refractivity contribution < 1.29 is 0 Å². The molecule has 0 aliphatic heterocycles. The monoisotopic (exact) mass is 243 g/mol. The Morgan fingerprint density at radius 1 is 1.50 bits per heavy atom. The van der Waals surface area contributed by atoms with Crippen molar-refractivity contribution in [2.45, 2.75) is 52.6 Å². The van der Waals surface area contributed by atoms with Crippen LogP contribution in [0, 0.1) is 0 Å². The van der Waals surface area contributed by atoms with Crippen molar-refractivity contribution in [2.24, 2.45) is 0 Å². The second-order valence-electron chi connectivity index (χ2n) is 4.15. The first-order valence-electron chi connectivity index (χ1n) is 6.12. The van der Waals surface area contributed by atoms with E-state index in [1.807, 2.05) is 4.68 Å². The first-order valence-corrected chi connectivity index (χ1v) is 6.50. The van der Waals surface area contributed by atoms with Gasteiger partial charge in [0.15, 0.2) is 0 Å². The first kappa shape index (κ1) is 13.5. The molecule has 0 fully saturated rings. The van der Waals surface area contributed by atoms with Crippen molar-refractivity contribution in [2.75, 3.05) is 6.54 Å². The molecule has 0 aliphatic rings. The van der Waals surface area contributed by atoms with Gasteiger partial charge < -0.3 is 5.32 Å². The Morgan fingerprint density at radius 3 is 2.88 bits per heavy atom. The maximum Gasteiger partial charge on any atom is 0.0817 e. The Hall–Kier alpha value is -0.540. The molecular weight excluding hydrogens is 222 g/mol. The van der Waals surface area contributed by atoms with Gasteiger partial charge in [0.1, 0.15) is 0 Å². The van der Waals surface area contributed by atoms with E-state index in [9.17, 15) is 0 Å². The quantitative estimate of drug-likeness (QED) is 0.798. The highest BCUT2D eigenvalue weighted by molar-refractivity contribution is 6.31. The van der Waals surface area contributed by atoms with Gasteiger partial charge in [0, 0.05) is 12.6 Å². The van der Waals surface area contributed by atoms with E-state index >= 15 is 0 Å². The minimum absolute atomic E-state index is 0.538. The molecule has 0 bridgehead atoms. The van der Waals surface area contributed by atoms with Gasteiger partial charge in [0.25, 0.3) is 0 Å². The average Bonchev–Trinajstić information content (AvgIpc) is 2.64. The number of rotatable bonds is 7. The molecule has 0 radical (unpaired) electrons. The van der Waals surface area contributed by atoms with Gasteiger partial charge in [-0.05, 0) is 39.7 Å². The number of aryl methyl sites for hydroxylation is 1. The normalized spacial score (nSPS) is 13.0.